The van der Waals surface area contributed by atoms with Gasteiger partial charge in [-0.05, 0) is 24.3 Å². The van der Waals surface area contributed by atoms with Gasteiger partial charge < -0.3 is 9.80 Å². The van der Waals surface area contributed by atoms with Gasteiger partial charge in [-0.1, -0.05) is 0 Å². The van der Waals surface area contributed by atoms with E-state index in [0.717, 1.165) is 48.4 Å². The number of rotatable bonds is 2. The van der Waals surface area contributed by atoms with Crippen LogP contribution in [0.5, 0.6) is 0 Å². The molecule has 1 aliphatic rings. The molecule has 0 bridgehead atoms. The topological polar surface area (TPSA) is 62.5 Å². The van der Waals surface area contributed by atoms with E-state index >= 15 is 0 Å². The van der Waals surface area contributed by atoms with Gasteiger partial charge in [0.1, 0.15) is 11.8 Å². The van der Waals surface area contributed by atoms with Crippen LogP contribution in [0.3, 0.4) is 0 Å². The van der Waals surface area contributed by atoms with E-state index in [2.05, 4.69) is 48.0 Å². The fourth-order valence-electron chi connectivity index (χ4n) is 3.43. The van der Waals surface area contributed by atoms with E-state index in [1.54, 1.807) is 6.33 Å². The molecule has 0 amide bonds. The number of nitrogens with zero attached hydrogens (tertiary/aromatic N) is 7. The minimum absolute atomic E-state index is 0.932. The normalized spacial score (nSPS) is 15.2. The van der Waals surface area contributed by atoms with Crippen LogP contribution in [-0.2, 0) is 0 Å². The third kappa shape index (κ3) is 2.44. The third-order valence-corrected chi connectivity index (χ3v) is 4.74. The van der Waals surface area contributed by atoms with E-state index in [-0.39, 0.29) is 0 Å². The zero-order valence-electron chi connectivity index (χ0n) is 13.7. The van der Waals surface area contributed by atoms with Gasteiger partial charge in [0, 0.05) is 55.8 Å². The first-order valence-corrected chi connectivity index (χ1v) is 8.36. The minimum atomic E-state index is 0.932. The number of anilines is 2. The second kappa shape index (κ2) is 5.70. The van der Waals surface area contributed by atoms with Gasteiger partial charge in [0.05, 0.1) is 11.7 Å². The number of benzene rings is 1. The van der Waals surface area contributed by atoms with Crippen molar-refractivity contribution >= 4 is 27.9 Å². The van der Waals surface area contributed by atoms with E-state index in [4.69, 9.17) is 0 Å². The molecule has 0 radical (unpaired) electrons. The largest absolute Gasteiger partial charge is 0.368 e. The molecular formula is C18H17N7. The van der Waals surface area contributed by atoms with Crippen LogP contribution >= 0.6 is 0 Å². The van der Waals surface area contributed by atoms with Gasteiger partial charge in [-0.3, -0.25) is 0 Å². The highest BCUT2D eigenvalue weighted by Crippen LogP contribution is 2.24. The van der Waals surface area contributed by atoms with Gasteiger partial charge in [0.2, 0.25) is 0 Å². The Morgan fingerprint density at radius 1 is 0.880 bits per heavy atom. The molecule has 1 aliphatic heterocycles. The second-order valence-corrected chi connectivity index (χ2v) is 6.15. The van der Waals surface area contributed by atoms with Crippen LogP contribution in [0.25, 0.3) is 16.4 Å². The molecule has 0 atom stereocenters. The summed E-state index contributed by atoms with van der Waals surface area (Å²) in [5.74, 6) is 1.01. The lowest BCUT2D eigenvalue weighted by molar-refractivity contribution is 0.648. The van der Waals surface area contributed by atoms with Crippen molar-refractivity contribution in [1.82, 2.24) is 24.6 Å². The van der Waals surface area contributed by atoms with Crippen LogP contribution in [0.1, 0.15) is 0 Å². The Kier molecular flexibility index (Phi) is 3.22. The minimum Gasteiger partial charge on any atom is -0.368 e. The maximum Gasteiger partial charge on any atom is 0.154 e. The van der Waals surface area contributed by atoms with E-state index in [1.165, 1.54) is 5.69 Å². The molecule has 7 nitrogen and oxygen atoms in total. The fourth-order valence-corrected chi connectivity index (χ4v) is 3.43. The van der Waals surface area contributed by atoms with Crippen molar-refractivity contribution in [2.75, 3.05) is 36.0 Å². The van der Waals surface area contributed by atoms with Crippen molar-refractivity contribution in [2.24, 2.45) is 0 Å². The number of hydrogen-bond donors (Lipinski definition) is 0. The number of piperazine rings is 1. The van der Waals surface area contributed by atoms with E-state index in [1.807, 2.05) is 35.4 Å². The van der Waals surface area contributed by atoms with Crippen LogP contribution in [0.15, 0.2) is 55.4 Å². The number of aromatic nitrogens is 5. The molecule has 0 unspecified atom stereocenters. The predicted octanol–water partition coefficient (Wildman–Crippen LogP) is 2.00. The molecule has 4 aromatic rings. The number of fused-ring (bicyclic) bond motifs is 2. The average molecular weight is 331 g/mol. The fraction of sp³-hybridized carbons (Fsp3) is 0.222. The van der Waals surface area contributed by atoms with Crippen molar-refractivity contribution < 1.29 is 0 Å². The van der Waals surface area contributed by atoms with Gasteiger partial charge in [0.25, 0.3) is 0 Å². The monoisotopic (exact) mass is 331 g/mol. The van der Waals surface area contributed by atoms with Crippen LogP contribution in [-0.4, -0.2) is 50.7 Å². The lowest BCUT2D eigenvalue weighted by Gasteiger charge is -2.36. The molecule has 1 aromatic carbocycles. The van der Waals surface area contributed by atoms with Crippen LogP contribution in [0, 0.1) is 0 Å². The Morgan fingerprint density at radius 2 is 1.76 bits per heavy atom. The Bertz CT molecular complexity index is 1030. The summed E-state index contributed by atoms with van der Waals surface area (Å²) in [6, 6.07) is 8.38. The Labute approximate surface area is 144 Å². The molecule has 25 heavy (non-hydrogen) atoms. The van der Waals surface area contributed by atoms with E-state index in [9.17, 15) is 0 Å². The number of hydrogen-bond acceptors (Lipinski definition) is 6. The predicted molar refractivity (Wildman–Crippen MR) is 97.0 cm³/mol. The highest BCUT2D eigenvalue weighted by atomic mass is 15.3. The summed E-state index contributed by atoms with van der Waals surface area (Å²) in [5, 5.41) is 5.37. The molecule has 7 heteroatoms. The van der Waals surface area contributed by atoms with Gasteiger partial charge in [0.15, 0.2) is 5.82 Å². The van der Waals surface area contributed by atoms with Crippen LogP contribution in [0.4, 0.5) is 11.5 Å². The highest BCUT2D eigenvalue weighted by molar-refractivity contribution is 5.81. The molecule has 124 valence electrons. The second-order valence-electron chi connectivity index (χ2n) is 6.15. The molecule has 0 aliphatic carbocycles. The molecular weight excluding hydrogens is 314 g/mol. The van der Waals surface area contributed by atoms with Crippen molar-refractivity contribution in [3.8, 4) is 0 Å². The first-order valence-electron chi connectivity index (χ1n) is 8.36. The standard InChI is InChI=1S/C18H17N7/c1-2-16-14(12-19-13-21-16)11-15(1)23-7-9-24(10-8-23)18-17-3-4-22-25(17)6-5-20-18/h1-6,11-13H,7-10H2. The first-order chi connectivity index (χ1) is 12.4. The average Bonchev–Trinajstić information content (AvgIpc) is 3.17. The molecule has 3 aromatic heterocycles. The van der Waals surface area contributed by atoms with Crippen molar-refractivity contribution in [2.45, 2.75) is 0 Å². The molecule has 1 fully saturated rings. The van der Waals surface area contributed by atoms with Crippen molar-refractivity contribution in [3.05, 3.63) is 55.4 Å². The zero-order valence-corrected chi connectivity index (χ0v) is 13.7. The van der Waals surface area contributed by atoms with Gasteiger partial charge in [-0.15, -0.1) is 0 Å². The Balaban J connectivity index is 1.37. The van der Waals surface area contributed by atoms with Crippen LogP contribution < -0.4 is 9.80 Å². The van der Waals surface area contributed by atoms with E-state index < -0.39 is 0 Å². The molecule has 1 saturated heterocycles. The molecule has 4 heterocycles. The zero-order chi connectivity index (χ0) is 16.6. The summed E-state index contributed by atoms with van der Waals surface area (Å²) in [6.45, 7) is 3.77. The molecule has 0 N–H and O–H groups in total. The SMILES string of the molecule is c1cn2nccc2c(N2CCN(c3ccc4ncncc4c3)CC2)n1. The van der Waals surface area contributed by atoms with E-state index in [0.29, 0.717) is 0 Å². The van der Waals surface area contributed by atoms with Gasteiger partial charge in [-0.25, -0.2) is 19.5 Å². The lowest BCUT2D eigenvalue weighted by Crippen LogP contribution is -2.47. The van der Waals surface area contributed by atoms with Crippen molar-refractivity contribution in [1.29, 1.82) is 0 Å². The van der Waals surface area contributed by atoms with Crippen molar-refractivity contribution in [3.63, 3.8) is 0 Å². The summed E-state index contributed by atoms with van der Waals surface area (Å²) in [6.07, 6.45) is 8.96. The lowest BCUT2D eigenvalue weighted by atomic mass is 10.2. The molecule has 5 rings (SSSR count). The summed E-state index contributed by atoms with van der Waals surface area (Å²) in [7, 11) is 0. The smallest absolute Gasteiger partial charge is 0.154 e. The maximum absolute atomic E-state index is 4.57. The quantitative estimate of drug-likeness (QED) is 0.560. The highest BCUT2D eigenvalue weighted by Gasteiger charge is 2.20. The Hall–Kier alpha value is -3.22. The first kappa shape index (κ1) is 14.2. The summed E-state index contributed by atoms with van der Waals surface area (Å²) in [4.78, 5) is 17.7. The molecule has 0 spiro atoms. The summed E-state index contributed by atoms with van der Waals surface area (Å²) in [5.41, 5.74) is 3.25. The van der Waals surface area contributed by atoms with Crippen LogP contribution in [0.2, 0.25) is 0 Å². The Morgan fingerprint density at radius 3 is 2.68 bits per heavy atom. The van der Waals surface area contributed by atoms with Gasteiger partial charge in [-0.2, -0.15) is 5.10 Å². The molecule has 0 saturated carbocycles. The third-order valence-electron chi connectivity index (χ3n) is 4.74. The summed E-state index contributed by atoms with van der Waals surface area (Å²) < 4.78 is 1.87. The maximum atomic E-state index is 4.57. The summed E-state index contributed by atoms with van der Waals surface area (Å²) >= 11 is 0. The van der Waals surface area contributed by atoms with Gasteiger partial charge >= 0.3 is 0 Å².